The van der Waals surface area contributed by atoms with Crippen LogP contribution in [0.25, 0.3) is 0 Å². The number of ether oxygens (including phenoxy) is 1. The van der Waals surface area contributed by atoms with Crippen molar-refractivity contribution in [1.29, 1.82) is 0 Å². The van der Waals surface area contributed by atoms with Gasteiger partial charge in [-0.3, -0.25) is 15.0 Å². The summed E-state index contributed by atoms with van der Waals surface area (Å²) in [5, 5.41) is 2.10. The summed E-state index contributed by atoms with van der Waals surface area (Å²) in [6.45, 7) is 1.33. The molecule has 0 aromatic heterocycles. The number of fused-ring (bicyclic) bond motifs is 1. The fourth-order valence-electron chi connectivity index (χ4n) is 3.43. The third-order valence-corrected chi connectivity index (χ3v) is 4.88. The predicted octanol–water partition coefficient (Wildman–Crippen LogP) is 2.01. The van der Waals surface area contributed by atoms with E-state index < -0.39 is 47.2 Å². The zero-order valence-electron chi connectivity index (χ0n) is 14.2. The van der Waals surface area contributed by atoms with E-state index in [1.165, 1.54) is 6.92 Å². The van der Waals surface area contributed by atoms with E-state index in [4.69, 9.17) is 4.74 Å². The van der Waals surface area contributed by atoms with Gasteiger partial charge in [-0.25, -0.2) is 18.6 Å². The second-order valence-corrected chi connectivity index (χ2v) is 6.61. The van der Waals surface area contributed by atoms with Gasteiger partial charge in [0.2, 0.25) is 0 Å². The van der Waals surface area contributed by atoms with Crippen molar-refractivity contribution in [2.75, 3.05) is 5.32 Å². The monoisotopic (exact) mass is 371 g/mol. The summed E-state index contributed by atoms with van der Waals surface area (Å²) >= 11 is 0. The summed E-state index contributed by atoms with van der Waals surface area (Å²) in [5.74, 6) is -5.88. The van der Waals surface area contributed by atoms with Crippen LogP contribution in [0.3, 0.4) is 0 Å². The van der Waals surface area contributed by atoms with Crippen molar-refractivity contribution in [2.24, 2.45) is 5.92 Å². The average Bonchev–Trinajstić information content (AvgIpc) is 3.06. The Morgan fingerprint density at radius 2 is 1.88 bits per heavy atom. The molecule has 4 unspecified atom stereocenters. The highest BCUT2D eigenvalue weighted by molar-refractivity contribution is 5.95. The molecule has 1 aromatic rings. The Kier molecular flexibility index (Phi) is 5.47. The molecule has 4 atom stereocenters. The first-order chi connectivity index (χ1) is 12.4. The Hall–Kier alpha value is -2.13. The molecule has 0 spiro atoms. The lowest BCUT2D eigenvalue weighted by Gasteiger charge is -2.26. The van der Waals surface area contributed by atoms with E-state index in [9.17, 15) is 22.8 Å². The van der Waals surface area contributed by atoms with E-state index in [-0.39, 0.29) is 12.0 Å². The first kappa shape index (κ1) is 18.7. The van der Waals surface area contributed by atoms with Gasteiger partial charge < -0.3 is 10.1 Å². The van der Waals surface area contributed by atoms with Gasteiger partial charge in [-0.1, -0.05) is 12.8 Å². The highest BCUT2D eigenvalue weighted by Gasteiger charge is 2.42. The number of hydrogen-bond acceptors (Lipinski definition) is 5. The van der Waals surface area contributed by atoms with Crippen LogP contribution in [0.5, 0.6) is 0 Å². The quantitative estimate of drug-likeness (QED) is 0.557. The molecule has 1 amide bonds. The maximum absolute atomic E-state index is 13.6. The normalized spacial score (nSPS) is 26.1. The largest absolute Gasteiger partial charge is 0.451 e. The van der Waals surface area contributed by atoms with Crippen molar-refractivity contribution >= 4 is 17.6 Å². The Balaban J connectivity index is 1.59. The van der Waals surface area contributed by atoms with Crippen LogP contribution >= 0.6 is 0 Å². The molecule has 1 heterocycles. The summed E-state index contributed by atoms with van der Waals surface area (Å²) in [6.07, 6.45) is 2.74. The van der Waals surface area contributed by atoms with Crippen LogP contribution in [-0.4, -0.2) is 30.1 Å². The molecule has 9 heteroatoms. The molecule has 2 aliphatic rings. The van der Waals surface area contributed by atoms with Crippen molar-refractivity contribution < 1.29 is 27.5 Å². The van der Waals surface area contributed by atoms with E-state index in [1.807, 2.05) is 0 Å². The number of halogens is 3. The van der Waals surface area contributed by atoms with Crippen LogP contribution in [0.4, 0.5) is 18.9 Å². The van der Waals surface area contributed by atoms with E-state index in [1.54, 1.807) is 0 Å². The summed E-state index contributed by atoms with van der Waals surface area (Å²) in [6, 6.07) is 1.23. The van der Waals surface area contributed by atoms with Gasteiger partial charge in [0.25, 0.3) is 5.91 Å². The van der Waals surface area contributed by atoms with Crippen molar-refractivity contribution in [3.05, 3.63) is 29.6 Å². The van der Waals surface area contributed by atoms with Crippen LogP contribution in [0.1, 0.15) is 32.6 Å². The van der Waals surface area contributed by atoms with Gasteiger partial charge in [0.1, 0.15) is 6.04 Å². The van der Waals surface area contributed by atoms with Gasteiger partial charge in [-0.15, -0.1) is 0 Å². The third kappa shape index (κ3) is 3.68. The molecule has 1 aromatic carbocycles. The lowest BCUT2D eigenvalue weighted by Crippen LogP contribution is -2.43. The highest BCUT2D eigenvalue weighted by atomic mass is 19.2. The number of anilines is 1. The summed E-state index contributed by atoms with van der Waals surface area (Å²) < 4.78 is 44.9. The smallest absolute Gasteiger partial charge is 0.325 e. The van der Waals surface area contributed by atoms with Crippen LogP contribution in [0.15, 0.2) is 12.1 Å². The standard InChI is InChI=1S/C17H20F3N3O3/c1-8(16(24)21-12-7-6-10(18)13(19)14(12)20)26-17(25)15-9-4-2-3-5-11(9)22-23-15/h6-9,11,15,22-23H,2-5H2,1H3,(H,21,24). The minimum absolute atomic E-state index is 0.0927. The second-order valence-electron chi connectivity index (χ2n) is 6.61. The average molecular weight is 371 g/mol. The number of esters is 1. The van der Waals surface area contributed by atoms with Crippen LogP contribution in [0, 0.1) is 23.4 Å². The van der Waals surface area contributed by atoms with Crippen molar-refractivity contribution in [3.63, 3.8) is 0 Å². The molecule has 1 aliphatic carbocycles. The summed E-state index contributed by atoms with van der Waals surface area (Å²) in [5.41, 5.74) is 5.46. The topological polar surface area (TPSA) is 79.5 Å². The van der Waals surface area contributed by atoms with E-state index in [0.29, 0.717) is 6.07 Å². The van der Waals surface area contributed by atoms with Crippen LogP contribution in [-0.2, 0) is 14.3 Å². The fraction of sp³-hybridized carbons (Fsp3) is 0.529. The van der Waals surface area contributed by atoms with E-state index in [0.717, 1.165) is 31.7 Å². The molecule has 6 nitrogen and oxygen atoms in total. The minimum atomic E-state index is -1.68. The summed E-state index contributed by atoms with van der Waals surface area (Å²) in [7, 11) is 0. The van der Waals surface area contributed by atoms with E-state index >= 15 is 0 Å². The molecule has 3 rings (SSSR count). The number of benzene rings is 1. The molecule has 1 saturated heterocycles. The molecule has 142 valence electrons. The van der Waals surface area contributed by atoms with Gasteiger partial charge in [-0.2, -0.15) is 0 Å². The summed E-state index contributed by atoms with van der Waals surface area (Å²) in [4.78, 5) is 24.4. The Morgan fingerprint density at radius 3 is 2.65 bits per heavy atom. The SMILES string of the molecule is CC(OC(=O)C1NNC2CCCCC21)C(=O)Nc1ccc(F)c(F)c1F. The van der Waals surface area contributed by atoms with Gasteiger partial charge in [-0.05, 0) is 31.9 Å². The van der Waals surface area contributed by atoms with Crippen LogP contribution < -0.4 is 16.2 Å². The number of hydrogen-bond donors (Lipinski definition) is 3. The molecule has 26 heavy (non-hydrogen) atoms. The molecule has 2 fully saturated rings. The number of carbonyl (C=O) groups excluding carboxylic acids is 2. The maximum atomic E-state index is 13.6. The number of hydrazine groups is 1. The zero-order chi connectivity index (χ0) is 18.8. The van der Waals surface area contributed by atoms with Gasteiger partial charge in [0.05, 0.1) is 5.69 Å². The lowest BCUT2D eigenvalue weighted by atomic mass is 9.82. The molecular formula is C17H20F3N3O3. The number of rotatable bonds is 4. The number of amides is 1. The molecule has 1 aliphatic heterocycles. The van der Waals surface area contributed by atoms with Gasteiger partial charge >= 0.3 is 5.97 Å². The highest BCUT2D eigenvalue weighted by Crippen LogP contribution is 2.30. The zero-order valence-corrected chi connectivity index (χ0v) is 14.2. The van der Waals surface area contributed by atoms with Crippen LogP contribution in [0.2, 0.25) is 0 Å². The van der Waals surface area contributed by atoms with E-state index in [2.05, 4.69) is 16.2 Å². The fourth-order valence-corrected chi connectivity index (χ4v) is 3.43. The first-order valence-electron chi connectivity index (χ1n) is 8.54. The number of carbonyl (C=O) groups is 2. The molecular weight excluding hydrogens is 351 g/mol. The molecule has 1 saturated carbocycles. The lowest BCUT2D eigenvalue weighted by molar-refractivity contribution is -0.156. The molecule has 3 N–H and O–H groups in total. The maximum Gasteiger partial charge on any atom is 0.325 e. The molecule has 0 radical (unpaired) electrons. The van der Waals surface area contributed by atoms with Gasteiger partial charge in [0.15, 0.2) is 23.6 Å². The first-order valence-corrected chi connectivity index (χ1v) is 8.54. The Bertz CT molecular complexity index is 716. The Labute approximate surface area is 148 Å². The van der Waals surface area contributed by atoms with Crippen molar-refractivity contribution in [3.8, 4) is 0 Å². The van der Waals surface area contributed by atoms with Crippen molar-refractivity contribution in [1.82, 2.24) is 10.9 Å². The predicted molar refractivity (Wildman–Crippen MR) is 86.3 cm³/mol. The number of nitrogens with one attached hydrogen (secondary N) is 3. The van der Waals surface area contributed by atoms with Gasteiger partial charge in [0, 0.05) is 12.0 Å². The molecule has 0 bridgehead atoms. The Morgan fingerprint density at radius 1 is 1.15 bits per heavy atom. The minimum Gasteiger partial charge on any atom is -0.451 e. The van der Waals surface area contributed by atoms with Crippen molar-refractivity contribution in [2.45, 2.75) is 50.8 Å². The second kappa shape index (κ2) is 7.63. The third-order valence-electron chi connectivity index (χ3n) is 4.88.